The van der Waals surface area contributed by atoms with Crippen molar-refractivity contribution in [3.8, 4) is 0 Å². The molecule has 0 spiro atoms. The lowest BCUT2D eigenvalue weighted by atomic mass is 9.82. The molecule has 3 heteroatoms. The Morgan fingerprint density at radius 1 is 1.32 bits per heavy atom. The molecule has 0 aliphatic carbocycles. The highest BCUT2D eigenvalue weighted by Gasteiger charge is 2.35. The molecular weight excluding hydrogens is 238 g/mol. The summed E-state index contributed by atoms with van der Waals surface area (Å²) in [5.74, 6) is 0.107. The standard InChI is InChI=1S/C16H23NO2/c1-16(2,3)14(9-11-18)17-10-8-12-6-4-5-7-13(12)15(17)19/h4-7,14,18H,8-11H2,1-3H3. The van der Waals surface area contributed by atoms with Gasteiger partial charge in [-0.2, -0.15) is 0 Å². The Morgan fingerprint density at radius 2 is 2.00 bits per heavy atom. The van der Waals surface area contributed by atoms with E-state index in [2.05, 4.69) is 20.8 Å². The maximum atomic E-state index is 12.6. The Bertz CT molecular complexity index is 462. The first-order valence-electron chi connectivity index (χ1n) is 6.95. The highest BCUT2D eigenvalue weighted by molar-refractivity contribution is 5.97. The second kappa shape index (κ2) is 5.33. The van der Waals surface area contributed by atoms with Crippen LogP contribution in [0.15, 0.2) is 24.3 Å². The second-order valence-electron chi connectivity index (χ2n) is 6.30. The fraction of sp³-hybridized carbons (Fsp3) is 0.562. The predicted molar refractivity (Wildman–Crippen MR) is 76.1 cm³/mol. The summed E-state index contributed by atoms with van der Waals surface area (Å²) >= 11 is 0. The lowest BCUT2D eigenvalue weighted by molar-refractivity contribution is 0.0429. The van der Waals surface area contributed by atoms with Crippen molar-refractivity contribution in [3.05, 3.63) is 35.4 Å². The molecule has 0 bridgehead atoms. The Kier molecular flexibility index (Phi) is 3.95. The predicted octanol–water partition coefficient (Wildman–Crippen LogP) is 2.48. The molecule has 104 valence electrons. The third-order valence-corrected chi connectivity index (χ3v) is 3.91. The van der Waals surface area contributed by atoms with Gasteiger partial charge in [-0.05, 0) is 29.9 Å². The largest absolute Gasteiger partial charge is 0.396 e. The maximum absolute atomic E-state index is 12.6. The fourth-order valence-electron chi connectivity index (χ4n) is 2.92. The van der Waals surface area contributed by atoms with Crippen LogP contribution in [0.3, 0.4) is 0 Å². The van der Waals surface area contributed by atoms with Crippen molar-refractivity contribution in [1.82, 2.24) is 4.90 Å². The molecular formula is C16H23NO2. The van der Waals surface area contributed by atoms with Gasteiger partial charge >= 0.3 is 0 Å². The second-order valence-corrected chi connectivity index (χ2v) is 6.30. The average Bonchev–Trinajstić information content (AvgIpc) is 2.36. The Balaban J connectivity index is 2.30. The topological polar surface area (TPSA) is 40.5 Å². The van der Waals surface area contributed by atoms with Crippen LogP contribution in [0.1, 0.15) is 43.1 Å². The van der Waals surface area contributed by atoms with Crippen molar-refractivity contribution in [2.24, 2.45) is 5.41 Å². The van der Waals surface area contributed by atoms with Gasteiger partial charge in [-0.3, -0.25) is 4.79 Å². The summed E-state index contributed by atoms with van der Waals surface area (Å²) in [4.78, 5) is 14.6. The molecule has 0 fully saturated rings. The van der Waals surface area contributed by atoms with Crippen molar-refractivity contribution < 1.29 is 9.90 Å². The number of amides is 1. The first kappa shape index (κ1) is 14.1. The monoisotopic (exact) mass is 261 g/mol. The van der Waals surface area contributed by atoms with Crippen LogP contribution < -0.4 is 0 Å². The number of nitrogens with zero attached hydrogens (tertiary/aromatic N) is 1. The van der Waals surface area contributed by atoms with Crippen molar-refractivity contribution in [1.29, 1.82) is 0 Å². The van der Waals surface area contributed by atoms with Crippen LogP contribution in [0.4, 0.5) is 0 Å². The minimum Gasteiger partial charge on any atom is -0.396 e. The number of benzene rings is 1. The first-order chi connectivity index (χ1) is 8.95. The van der Waals surface area contributed by atoms with Gasteiger partial charge < -0.3 is 10.0 Å². The maximum Gasteiger partial charge on any atom is 0.254 e. The molecule has 19 heavy (non-hydrogen) atoms. The van der Waals surface area contributed by atoms with E-state index in [1.54, 1.807) is 0 Å². The summed E-state index contributed by atoms with van der Waals surface area (Å²) in [6.45, 7) is 7.24. The molecule has 0 saturated heterocycles. The van der Waals surface area contributed by atoms with Crippen molar-refractivity contribution in [2.75, 3.05) is 13.2 Å². The van der Waals surface area contributed by atoms with Crippen LogP contribution in [0.5, 0.6) is 0 Å². The average molecular weight is 261 g/mol. The van der Waals surface area contributed by atoms with E-state index in [0.29, 0.717) is 6.42 Å². The normalized spacial score (nSPS) is 17.3. The number of carbonyl (C=O) groups is 1. The zero-order chi connectivity index (χ0) is 14.0. The molecule has 2 rings (SSSR count). The fourth-order valence-corrected chi connectivity index (χ4v) is 2.92. The van der Waals surface area contributed by atoms with Gasteiger partial charge in [0, 0.05) is 24.8 Å². The van der Waals surface area contributed by atoms with Gasteiger partial charge in [0.05, 0.1) is 0 Å². The van der Waals surface area contributed by atoms with E-state index in [4.69, 9.17) is 0 Å². The van der Waals surface area contributed by atoms with Crippen LogP contribution in [-0.4, -0.2) is 35.1 Å². The summed E-state index contributed by atoms with van der Waals surface area (Å²) in [6.07, 6.45) is 1.54. The van der Waals surface area contributed by atoms with Crippen LogP contribution in [0.25, 0.3) is 0 Å². The van der Waals surface area contributed by atoms with Gasteiger partial charge in [0.25, 0.3) is 5.91 Å². The molecule has 3 nitrogen and oxygen atoms in total. The quantitative estimate of drug-likeness (QED) is 0.908. The summed E-state index contributed by atoms with van der Waals surface area (Å²) in [6, 6.07) is 7.92. The number of hydrogen-bond acceptors (Lipinski definition) is 2. The number of rotatable bonds is 3. The Labute approximate surface area is 115 Å². The van der Waals surface area contributed by atoms with Crippen LogP contribution in [0.2, 0.25) is 0 Å². The zero-order valence-corrected chi connectivity index (χ0v) is 12.0. The number of aliphatic hydroxyl groups excluding tert-OH is 1. The number of hydrogen-bond donors (Lipinski definition) is 1. The van der Waals surface area contributed by atoms with Crippen LogP contribution in [-0.2, 0) is 6.42 Å². The smallest absolute Gasteiger partial charge is 0.254 e. The summed E-state index contributed by atoms with van der Waals surface area (Å²) in [5, 5.41) is 9.27. The zero-order valence-electron chi connectivity index (χ0n) is 12.0. The van der Waals surface area contributed by atoms with Gasteiger partial charge in [-0.15, -0.1) is 0 Å². The van der Waals surface area contributed by atoms with Crippen LogP contribution in [0, 0.1) is 5.41 Å². The van der Waals surface area contributed by atoms with E-state index < -0.39 is 0 Å². The van der Waals surface area contributed by atoms with E-state index in [-0.39, 0.29) is 24.0 Å². The molecule has 1 heterocycles. The van der Waals surface area contributed by atoms with E-state index in [9.17, 15) is 9.90 Å². The van der Waals surface area contributed by atoms with Crippen molar-refractivity contribution >= 4 is 5.91 Å². The molecule has 1 aliphatic heterocycles. The molecule has 1 aliphatic rings. The summed E-state index contributed by atoms with van der Waals surface area (Å²) in [5.41, 5.74) is 1.94. The molecule has 1 aromatic rings. The highest BCUT2D eigenvalue weighted by Crippen LogP contribution is 2.31. The molecule has 1 N–H and O–H groups in total. The Morgan fingerprint density at radius 3 is 2.63 bits per heavy atom. The molecule has 1 amide bonds. The number of fused-ring (bicyclic) bond motifs is 1. The highest BCUT2D eigenvalue weighted by atomic mass is 16.3. The van der Waals surface area contributed by atoms with E-state index in [0.717, 1.165) is 24.1 Å². The summed E-state index contributed by atoms with van der Waals surface area (Å²) < 4.78 is 0. The minimum atomic E-state index is -0.0231. The van der Waals surface area contributed by atoms with Gasteiger partial charge in [-0.25, -0.2) is 0 Å². The van der Waals surface area contributed by atoms with E-state index in [1.807, 2.05) is 29.2 Å². The van der Waals surface area contributed by atoms with Gasteiger partial charge in [-0.1, -0.05) is 39.0 Å². The molecule has 0 radical (unpaired) electrons. The van der Waals surface area contributed by atoms with Gasteiger partial charge in [0.15, 0.2) is 0 Å². The lowest BCUT2D eigenvalue weighted by Gasteiger charge is -2.42. The molecule has 0 aromatic heterocycles. The molecule has 1 unspecified atom stereocenters. The van der Waals surface area contributed by atoms with Crippen molar-refractivity contribution in [2.45, 2.75) is 39.7 Å². The SMILES string of the molecule is CC(C)(C)C(CCO)N1CCc2ccccc2C1=O. The first-order valence-corrected chi connectivity index (χ1v) is 6.95. The van der Waals surface area contributed by atoms with Gasteiger partial charge in [0.2, 0.25) is 0 Å². The van der Waals surface area contributed by atoms with E-state index >= 15 is 0 Å². The third kappa shape index (κ3) is 2.81. The number of aliphatic hydroxyl groups is 1. The summed E-state index contributed by atoms with van der Waals surface area (Å²) in [7, 11) is 0. The number of carbonyl (C=O) groups excluding carboxylic acids is 1. The van der Waals surface area contributed by atoms with Gasteiger partial charge in [0.1, 0.15) is 0 Å². The Hall–Kier alpha value is -1.35. The molecule has 0 saturated carbocycles. The molecule has 1 atom stereocenters. The minimum absolute atomic E-state index is 0.0231. The van der Waals surface area contributed by atoms with Crippen molar-refractivity contribution in [3.63, 3.8) is 0 Å². The lowest BCUT2D eigenvalue weighted by Crippen LogP contribution is -2.50. The molecule has 1 aromatic carbocycles. The third-order valence-electron chi connectivity index (χ3n) is 3.91. The van der Waals surface area contributed by atoms with Crippen LogP contribution >= 0.6 is 0 Å². The van der Waals surface area contributed by atoms with E-state index in [1.165, 1.54) is 0 Å².